The number of anilines is 2. The number of nitriles is 1. The molecule has 0 aliphatic carbocycles. The first-order chi connectivity index (χ1) is 17.5. The molecular formula is C26H33F2N7O. The summed E-state index contributed by atoms with van der Waals surface area (Å²) >= 11 is 0. The van der Waals surface area contributed by atoms with Crippen LogP contribution >= 0.6 is 0 Å². The fraction of sp³-hybridized carbons (Fsp3) is 0.577. The largest absolute Gasteiger partial charge is 0.462 e. The standard InChI is InChI=1S/C26H33F2N7O/c1-33-12-4-5-19(33)17-36-26-31-22-16-34(23-7-3-2-6-21(23)24(27)28)13-9-20(22)25(32-26)35-14-11-30-18(15-35)8-10-29/h2-3,6-7,18-19,24,30H,4-5,8-9,11-17H2,1H3. The molecule has 0 saturated carbocycles. The van der Waals surface area contributed by atoms with Gasteiger partial charge in [0.15, 0.2) is 0 Å². The summed E-state index contributed by atoms with van der Waals surface area (Å²) in [6.07, 6.45) is 0.782. The van der Waals surface area contributed by atoms with E-state index in [4.69, 9.17) is 14.7 Å². The topological polar surface area (TPSA) is 80.5 Å². The van der Waals surface area contributed by atoms with Crippen molar-refractivity contribution in [2.45, 2.75) is 50.7 Å². The third kappa shape index (κ3) is 5.22. The predicted octanol–water partition coefficient (Wildman–Crippen LogP) is 3.14. The summed E-state index contributed by atoms with van der Waals surface area (Å²) in [7, 11) is 2.11. The molecule has 3 aliphatic rings. The molecule has 1 N–H and O–H groups in total. The number of alkyl halides is 2. The smallest absolute Gasteiger partial charge is 0.318 e. The molecule has 0 spiro atoms. The Balaban J connectivity index is 1.45. The Kier molecular flexibility index (Phi) is 7.48. The number of hydrogen-bond acceptors (Lipinski definition) is 8. The maximum atomic E-state index is 13.7. The van der Waals surface area contributed by atoms with Crippen molar-refractivity contribution in [2.75, 3.05) is 56.2 Å². The number of fused-ring (bicyclic) bond motifs is 1. The van der Waals surface area contributed by atoms with Crippen LogP contribution in [0.15, 0.2) is 24.3 Å². The van der Waals surface area contributed by atoms with Crippen molar-refractivity contribution in [3.05, 3.63) is 41.1 Å². The monoisotopic (exact) mass is 497 g/mol. The molecule has 2 aromatic rings. The summed E-state index contributed by atoms with van der Waals surface area (Å²) < 4.78 is 33.6. The minimum atomic E-state index is -2.54. The Morgan fingerprint density at radius 1 is 1.19 bits per heavy atom. The Bertz CT molecular complexity index is 1110. The van der Waals surface area contributed by atoms with Crippen molar-refractivity contribution in [2.24, 2.45) is 0 Å². The second-order valence-electron chi connectivity index (χ2n) is 9.83. The number of piperazine rings is 1. The highest BCUT2D eigenvalue weighted by molar-refractivity contribution is 5.59. The lowest BCUT2D eigenvalue weighted by molar-refractivity contribution is 0.151. The lowest BCUT2D eigenvalue weighted by Crippen LogP contribution is -2.51. The highest BCUT2D eigenvalue weighted by Gasteiger charge is 2.30. The van der Waals surface area contributed by atoms with Crippen LogP contribution in [0.2, 0.25) is 0 Å². The zero-order chi connectivity index (χ0) is 25.1. The molecule has 1 aromatic carbocycles. The van der Waals surface area contributed by atoms with Gasteiger partial charge in [-0.15, -0.1) is 0 Å². The molecular weight excluding hydrogens is 464 g/mol. The molecule has 2 fully saturated rings. The van der Waals surface area contributed by atoms with Crippen molar-refractivity contribution < 1.29 is 13.5 Å². The summed E-state index contributed by atoms with van der Waals surface area (Å²) in [5.41, 5.74) is 2.45. The van der Waals surface area contributed by atoms with Gasteiger partial charge in [0.05, 0.1) is 24.7 Å². The van der Waals surface area contributed by atoms with Gasteiger partial charge in [0.25, 0.3) is 6.43 Å². The maximum Gasteiger partial charge on any atom is 0.318 e. The average molecular weight is 498 g/mol. The first-order valence-electron chi connectivity index (χ1n) is 12.7. The molecule has 8 nitrogen and oxygen atoms in total. The molecule has 1 aromatic heterocycles. The van der Waals surface area contributed by atoms with E-state index in [9.17, 15) is 14.0 Å². The second kappa shape index (κ2) is 10.9. The van der Waals surface area contributed by atoms with E-state index in [0.717, 1.165) is 49.6 Å². The van der Waals surface area contributed by atoms with Crippen LogP contribution in [0.3, 0.4) is 0 Å². The molecule has 36 heavy (non-hydrogen) atoms. The van der Waals surface area contributed by atoms with Gasteiger partial charge in [-0.05, 0) is 38.9 Å². The molecule has 4 heterocycles. The number of halogens is 2. The van der Waals surface area contributed by atoms with Gasteiger partial charge in [0.1, 0.15) is 12.4 Å². The minimum Gasteiger partial charge on any atom is -0.462 e. The summed E-state index contributed by atoms with van der Waals surface area (Å²) in [6.45, 7) is 4.82. The van der Waals surface area contributed by atoms with Gasteiger partial charge in [-0.25, -0.2) is 8.78 Å². The van der Waals surface area contributed by atoms with E-state index < -0.39 is 6.43 Å². The van der Waals surface area contributed by atoms with Gasteiger partial charge in [0.2, 0.25) is 0 Å². The van der Waals surface area contributed by atoms with Gasteiger partial charge >= 0.3 is 6.01 Å². The average Bonchev–Trinajstić information content (AvgIpc) is 3.31. The number of aromatic nitrogens is 2. The van der Waals surface area contributed by atoms with Crippen LogP contribution in [-0.4, -0.2) is 73.3 Å². The lowest BCUT2D eigenvalue weighted by Gasteiger charge is -2.37. The van der Waals surface area contributed by atoms with Crippen LogP contribution in [0, 0.1) is 11.3 Å². The molecule has 2 saturated heterocycles. The summed E-state index contributed by atoms with van der Waals surface area (Å²) in [4.78, 5) is 16.1. The maximum absolute atomic E-state index is 13.7. The number of likely N-dealkylation sites (tertiary alicyclic amines) is 1. The second-order valence-corrected chi connectivity index (χ2v) is 9.83. The minimum absolute atomic E-state index is 0.0393. The molecule has 10 heteroatoms. The molecule has 2 unspecified atom stereocenters. The van der Waals surface area contributed by atoms with Crippen LogP contribution in [0.5, 0.6) is 6.01 Å². The number of likely N-dealkylation sites (N-methyl/N-ethyl adjacent to an activating group) is 1. The van der Waals surface area contributed by atoms with Crippen molar-refractivity contribution >= 4 is 11.5 Å². The van der Waals surface area contributed by atoms with E-state index >= 15 is 0 Å². The number of hydrogen-bond donors (Lipinski definition) is 1. The van der Waals surface area contributed by atoms with E-state index in [1.807, 2.05) is 4.90 Å². The predicted molar refractivity (Wildman–Crippen MR) is 134 cm³/mol. The lowest BCUT2D eigenvalue weighted by atomic mass is 10.0. The van der Waals surface area contributed by atoms with Gasteiger partial charge < -0.3 is 24.8 Å². The molecule has 5 rings (SSSR count). The zero-order valence-corrected chi connectivity index (χ0v) is 20.7. The van der Waals surface area contributed by atoms with E-state index in [0.29, 0.717) is 56.8 Å². The Morgan fingerprint density at radius 2 is 2.06 bits per heavy atom. The highest BCUT2D eigenvalue weighted by atomic mass is 19.3. The van der Waals surface area contributed by atoms with E-state index in [2.05, 4.69) is 28.2 Å². The Labute approximate surface area is 210 Å². The summed E-state index contributed by atoms with van der Waals surface area (Å²) in [6, 6.07) is 9.69. The number of nitrogens with one attached hydrogen (secondary N) is 1. The number of ether oxygens (including phenoxy) is 1. The van der Waals surface area contributed by atoms with Gasteiger partial charge in [-0.3, -0.25) is 0 Å². The first kappa shape index (κ1) is 24.7. The van der Waals surface area contributed by atoms with Crippen molar-refractivity contribution in [3.63, 3.8) is 0 Å². The Hall–Kier alpha value is -3.03. The summed E-state index contributed by atoms with van der Waals surface area (Å²) in [5.74, 6) is 0.848. The molecule has 3 aliphatic heterocycles. The summed E-state index contributed by atoms with van der Waals surface area (Å²) in [5, 5.41) is 12.6. The van der Waals surface area contributed by atoms with Gasteiger partial charge in [0, 0.05) is 55.1 Å². The number of para-hydroxylation sites is 1. The highest BCUT2D eigenvalue weighted by Crippen LogP contribution is 2.35. The van der Waals surface area contributed by atoms with Gasteiger partial charge in [-0.2, -0.15) is 15.2 Å². The molecule has 192 valence electrons. The number of rotatable bonds is 7. The van der Waals surface area contributed by atoms with Crippen LogP contribution in [-0.2, 0) is 13.0 Å². The third-order valence-electron chi connectivity index (χ3n) is 7.50. The van der Waals surface area contributed by atoms with Crippen LogP contribution in [0.1, 0.15) is 42.5 Å². The fourth-order valence-corrected chi connectivity index (χ4v) is 5.51. The van der Waals surface area contributed by atoms with Crippen molar-refractivity contribution in [1.29, 1.82) is 5.26 Å². The van der Waals surface area contributed by atoms with E-state index in [1.165, 1.54) is 6.07 Å². The fourth-order valence-electron chi connectivity index (χ4n) is 5.51. The van der Waals surface area contributed by atoms with Crippen molar-refractivity contribution in [3.8, 4) is 12.1 Å². The van der Waals surface area contributed by atoms with Gasteiger partial charge in [-0.1, -0.05) is 18.2 Å². The van der Waals surface area contributed by atoms with E-state index in [1.54, 1.807) is 18.2 Å². The van der Waals surface area contributed by atoms with Crippen LogP contribution < -0.4 is 19.9 Å². The van der Waals surface area contributed by atoms with Crippen LogP contribution in [0.25, 0.3) is 0 Å². The van der Waals surface area contributed by atoms with E-state index in [-0.39, 0.29) is 11.6 Å². The SMILES string of the molecule is CN1CCCC1COc1nc2c(c(N3CCNC(CC#N)C3)n1)CCN(c1ccccc1C(F)F)C2. The van der Waals surface area contributed by atoms with Crippen LogP contribution in [0.4, 0.5) is 20.3 Å². The first-order valence-corrected chi connectivity index (χ1v) is 12.7. The number of benzene rings is 1. The normalized spacial score (nSPS) is 22.5. The molecule has 0 amide bonds. The quantitative estimate of drug-likeness (QED) is 0.625. The number of nitrogens with zero attached hydrogens (tertiary/aromatic N) is 6. The molecule has 0 bridgehead atoms. The third-order valence-corrected chi connectivity index (χ3v) is 7.50. The molecule has 2 atom stereocenters. The zero-order valence-electron chi connectivity index (χ0n) is 20.7. The Morgan fingerprint density at radius 3 is 2.83 bits per heavy atom. The van der Waals surface area contributed by atoms with Crippen molar-refractivity contribution in [1.82, 2.24) is 20.2 Å². The molecule has 0 radical (unpaired) electrons.